The highest BCUT2D eigenvalue weighted by Crippen LogP contribution is 2.16. The predicted octanol–water partition coefficient (Wildman–Crippen LogP) is 3.95. The van der Waals surface area contributed by atoms with Crippen LogP contribution >= 0.6 is 24.0 Å². The van der Waals surface area contributed by atoms with E-state index in [-0.39, 0.29) is 42.2 Å². The van der Waals surface area contributed by atoms with Gasteiger partial charge in [-0.25, -0.2) is 4.79 Å². The monoisotopic (exact) mass is 532 g/mol. The molecule has 1 saturated heterocycles. The van der Waals surface area contributed by atoms with Crippen LogP contribution < -0.4 is 10.6 Å². The first-order valence-corrected chi connectivity index (χ1v) is 10.4. The molecule has 1 fully saturated rings. The highest BCUT2D eigenvalue weighted by molar-refractivity contribution is 14.0. The number of likely N-dealkylation sites (tertiary alicyclic amines) is 1. The number of guanidine groups is 1. The van der Waals surface area contributed by atoms with Crippen LogP contribution in [-0.4, -0.2) is 61.9 Å². The number of ether oxygens (including phenoxy) is 2. The average Bonchev–Trinajstić information content (AvgIpc) is 3.11. The Labute approximate surface area is 198 Å². The molecule has 0 spiro atoms. The van der Waals surface area contributed by atoms with E-state index in [9.17, 15) is 4.79 Å². The summed E-state index contributed by atoms with van der Waals surface area (Å²) < 4.78 is 11.3. The fourth-order valence-corrected chi connectivity index (χ4v) is 3.23. The number of aliphatic imine (C=N–C) groups is 1. The largest absolute Gasteiger partial charge is 0.444 e. The molecule has 170 valence electrons. The van der Waals surface area contributed by atoms with E-state index >= 15 is 0 Å². The lowest BCUT2D eigenvalue weighted by Crippen LogP contribution is -2.44. The van der Waals surface area contributed by atoms with Crippen molar-refractivity contribution in [3.63, 3.8) is 0 Å². The van der Waals surface area contributed by atoms with Crippen molar-refractivity contribution < 1.29 is 14.3 Å². The Morgan fingerprint density at radius 2 is 2.00 bits per heavy atom. The molecule has 1 amide bonds. The third-order valence-electron chi connectivity index (χ3n) is 4.66. The summed E-state index contributed by atoms with van der Waals surface area (Å²) in [5.74, 6) is 0.856. The zero-order valence-corrected chi connectivity index (χ0v) is 21.1. The van der Waals surface area contributed by atoms with Gasteiger partial charge in [0.15, 0.2) is 5.96 Å². The smallest absolute Gasteiger partial charge is 0.407 e. The van der Waals surface area contributed by atoms with Crippen LogP contribution in [0.5, 0.6) is 0 Å². The van der Waals surface area contributed by atoms with Crippen molar-refractivity contribution in [2.75, 3.05) is 33.3 Å². The number of carbonyl (C=O) groups excluding carboxylic acids is 1. The minimum Gasteiger partial charge on any atom is -0.444 e. The van der Waals surface area contributed by atoms with E-state index in [1.54, 1.807) is 7.05 Å². The summed E-state index contributed by atoms with van der Waals surface area (Å²) in [4.78, 5) is 18.5. The molecule has 2 rings (SSSR count). The highest BCUT2D eigenvalue weighted by atomic mass is 127. The van der Waals surface area contributed by atoms with Gasteiger partial charge < -0.3 is 25.0 Å². The van der Waals surface area contributed by atoms with Crippen LogP contribution in [-0.2, 0) is 9.47 Å². The van der Waals surface area contributed by atoms with Crippen LogP contribution in [0.1, 0.15) is 52.2 Å². The first-order chi connectivity index (χ1) is 13.8. The highest BCUT2D eigenvalue weighted by Gasteiger charge is 2.27. The maximum absolute atomic E-state index is 12.0. The molecule has 0 aromatic heterocycles. The molecule has 30 heavy (non-hydrogen) atoms. The molecule has 2 unspecified atom stereocenters. The number of nitrogens with zero attached hydrogens (tertiary/aromatic N) is 2. The summed E-state index contributed by atoms with van der Waals surface area (Å²) in [7, 11) is 1.78. The average molecular weight is 532 g/mol. The zero-order chi connectivity index (χ0) is 21.3. The molecule has 8 heteroatoms. The van der Waals surface area contributed by atoms with E-state index in [2.05, 4.69) is 39.6 Å². The summed E-state index contributed by atoms with van der Waals surface area (Å²) in [5, 5.41) is 6.33. The second kappa shape index (κ2) is 13.0. The van der Waals surface area contributed by atoms with E-state index in [4.69, 9.17) is 9.47 Å². The predicted molar refractivity (Wildman–Crippen MR) is 132 cm³/mol. The van der Waals surface area contributed by atoms with E-state index in [1.165, 1.54) is 5.56 Å². The van der Waals surface area contributed by atoms with E-state index in [0.717, 1.165) is 38.4 Å². The third kappa shape index (κ3) is 9.51. The van der Waals surface area contributed by atoms with Crippen molar-refractivity contribution in [1.82, 2.24) is 15.5 Å². The van der Waals surface area contributed by atoms with E-state index in [1.807, 2.05) is 39.0 Å². The van der Waals surface area contributed by atoms with Gasteiger partial charge >= 0.3 is 6.09 Å². The minimum absolute atomic E-state index is 0. The first-order valence-electron chi connectivity index (χ1n) is 10.4. The lowest BCUT2D eigenvalue weighted by Gasteiger charge is -2.23. The standard InChI is InChI=1S/C22H36N4O3.HI/c1-17(18-10-7-6-8-11-18)28-15-9-13-24-20(23-5)26-14-12-19(16-26)25-21(27)29-22(2,3)4;/h6-8,10-11,17,19H,9,12-16H2,1-5H3,(H,23,24)(H,25,27);1H. The van der Waals surface area contributed by atoms with Gasteiger partial charge in [0.1, 0.15) is 5.60 Å². The molecule has 0 bridgehead atoms. The van der Waals surface area contributed by atoms with E-state index < -0.39 is 5.60 Å². The fourth-order valence-electron chi connectivity index (χ4n) is 3.23. The second-order valence-corrected chi connectivity index (χ2v) is 8.33. The molecule has 0 saturated carbocycles. The molecule has 0 aliphatic carbocycles. The maximum atomic E-state index is 12.0. The zero-order valence-electron chi connectivity index (χ0n) is 18.8. The van der Waals surface area contributed by atoms with Crippen LogP contribution in [0, 0.1) is 0 Å². The van der Waals surface area contributed by atoms with E-state index in [0.29, 0.717) is 6.61 Å². The van der Waals surface area contributed by atoms with Crippen molar-refractivity contribution in [3.8, 4) is 0 Å². The summed E-state index contributed by atoms with van der Waals surface area (Å²) in [5.41, 5.74) is 0.705. The number of benzene rings is 1. The van der Waals surface area contributed by atoms with Crippen molar-refractivity contribution in [3.05, 3.63) is 35.9 Å². The van der Waals surface area contributed by atoms with Crippen molar-refractivity contribution in [2.24, 2.45) is 4.99 Å². The van der Waals surface area contributed by atoms with Gasteiger partial charge in [0.25, 0.3) is 0 Å². The lowest BCUT2D eigenvalue weighted by atomic mass is 10.1. The topological polar surface area (TPSA) is 75.2 Å². The molecule has 2 atom stereocenters. The number of nitrogens with one attached hydrogen (secondary N) is 2. The Hall–Kier alpha value is -1.55. The van der Waals surface area contributed by atoms with Gasteiger partial charge in [0.2, 0.25) is 0 Å². The molecule has 0 radical (unpaired) electrons. The number of carbonyl (C=O) groups is 1. The molecule has 1 aromatic carbocycles. The Morgan fingerprint density at radius 3 is 2.63 bits per heavy atom. The van der Waals surface area contributed by atoms with Crippen molar-refractivity contribution >= 4 is 36.0 Å². The second-order valence-electron chi connectivity index (χ2n) is 8.33. The number of amides is 1. The summed E-state index contributed by atoms with van der Waals surface area (Å²) in [6, 6.07) is 10.3. The quantitative estimate of drug-likeness (QED) is 0.241. The first kappa shape index (κ1) is 26.5. The molecule has 1 heterocycles. The van der Waals surface area contributed by atoms with Gasteiger partial charge in [-0.15, -0.1) is 24.0 Å². The Morgan fingerprint density at radius 1 is 1.30 bits per heavy atom. The molecule has 2 N–H and O–H groups in total. The van der Waals surface area contributed by atoms with Crippen LogP contribution in [0.4, 0.5) is 4.79 Å². The number of rotatable bonds is 7. The summed E-state index contributed by atoms with van der Waals surface area (Å²) in [6.45, 7) is 10.7. The van der Waals surface area contributed by atoms with Crippen LogP contribution in [0.2, 0.25) is 0 Å². The van der Waals surface area contributed by atoms with Crippen molar-refractivity contribution in [1.29, 1.82) is 0 Å². The molecule has 1 aromatic rings. The molecular formula is C22H37IN4O3. The van der Waals surface area contributed by atoms with Crippen LogP contribution in [0.15, 0.2) is 35.3 Å². The summed E-state index contributed by atoms with van der Waals surface area (Å²) >= 11 is 0. The van der Waals surface area contributed by atoms with Gasteiger partial charge in [-0.3, -0.25) is 4.99 Å². The number of hydrogen-bond acceptors (Lipinski definition) is 4. The Balaban J connectivity index is 0.00000450. The number of halogens is 1. The van der Waals surface area contributed by atoms with Gasteiger partial charge in [0.05, 0.1) is 12.1 Å². The van der Waals surface area contributed by atoms with Gasteiger partial charge in [-0.2, -0.15) is 0 Å². The van der Waals surface area contributed by atoms with Gasteiger partial charge in [-0.1, -0.05) is 30.3 Å². The molecule has 1 aliphatic heterocycles. The Bertz CT molecular complexity index is 664. The SMILES string of the molecule is CN=C(NCCCOC(C)c1ccccc1)N1CCC(NC(=O)OC(C)(C)C)C1.I. The molecule has 7 nitrogen and oxygen atoms in total. The Kier molecular flexibility index (Phi) is 11.5. The number of hydrogen-bond donors (Lipinski definition) is 2. The van der Waals surface area contributed by atoms with Crippen LogP contribution in [0.3, 0.4) is 0 Å². The maximum Gasteiger partial charge on any atom is 0.407 e. The van der Waals surface area contributed by atoms with Crippen LogP contribution in [0.25, 0.3) is 0 Å². The van der Waals surface area contributed by atoms with Gasteiger partial charge in [0, 0.05) is 33.3 Å². The normalized spacial score (nSPS) is 17.8. The minimum atomic E-state index is -0.486. The lowest BCUT2D eigenvalue weighted by molar-refractivity contribution is 0.0507. The molecular weight excluding hydrogens is 495 g/mol. The third-order valence-corrected chi connectivity index (χ3v) is 4.66. The van der Waals surface area contributed by atoms with Crippen molar-refractivity contribution in [2.45, 2.75) is 58.3 Å². The summed E-state index contributed by atoms with van der Waals surface area (Å²) in [6.07, 6.45) is 1.49. The number of alkyl carbamates (subject to hydrolysis) is 1. The van der Waals surface area contributed by atoms with Gasteiger partial charge in [-0.05, 0) is 46.1 Å². The molecule has 1 aliphatic rings. The fraction of sp³-hybridized carbons (Fsp3) is 0.636.